The van der Waals surface area contributed by atoms with Gasteiger partial charge >= 0.3 is 0 Å². The molecule has 0 unspecified atom stereocenters. The zero-order chi connectivity index (χ0) is 36.3. The van der Waals surface area contributed by atoms with Crippen LogP contribution in [0.25, 0.3) is 86.3 Å². The zero-order valence-electron chi connectivity index (χ0n) is 29.8. The van der Waals surface area contributed by atoms with Gasteiger partial charge in [-0.2, -0.15) is 0 Å². The molecule has 11 rings (SSSR count). The molecule has 2 aromatic heterocycles. The van der Waals surface area contributed by atoms with Crippen LogP contribution in [-0.2, 0) is 0 Å². The molecule has 258 valence electrons. The van der Waals surface area contributed by atoms with Gasteiger partial charge < -0.3 is 9.32 Å². The Hall–Kier alpha value is -6.94. The van der Waals surface area contributed by atoms with Crippen molar-refractivity contribution >= 4 is 81.3 Å². The highest BCUT2D eigenvalue weighted by Gasteiger charge is 2.18. The maximum atomic E-state index is 6.17. The normalized spacial score (nSPS) is 11.6. The Labute approximate surface area is 322 Å². The molecule has 0 aliphatic heterocycles. The summed E-state index contributed by atoms with van der Waals surface area (Å²) in [6.45, 7) is 0. The number of anilines is 3. The molecule has 3 heteroatoms. The first-order valence-electron chi connectivity index (χ1n) is 18.7. The van der Waals surface area contributed by atoms with E-state index in [0.717, 1.165) is 50.1 Å². The summed E-state index contributed by atoms with van der Waals surface area (Å²) >= 11 is 1.86. The van der Waals surface area contributed by atoms with Crippen molar-refractivity contribution in [1.82, 2.24) is 0 Å². The highest BCUT2D eigenvalue weighted by molar-refractivity contribution is 7.25. The average Bonchev–Trinajstić information content (AvgIpc) is 3.82. The van der Waals surface area contributed by atoms with E-state index in [1.165, 1.54) is 53.2 Å². The van der Waals surface area contributed by atoms with Gasteiger partial charge in [0.15, 0.2) is 0 Å². The van der Waals surface area contributed by atoms with E-state index in [1.54, 1.807) is 0 Å². The molecule has 2 nitrogen and oxygen atoms in total. The van der Waals surface area contributed by atoms with Gasteiger partial charge in [-0.05, 0) is 111 Å². The van der Waals surface area contributed by atoms with Crippen molar-refractivity contribution in [2.24, 2.45) is 0 Å². The summed E-state index contributed by atoms with van der Waals surface area (Å²) in [6, 6.07) is 72.3. The zero-order valence-corrected chi connectivity index (χ0v) is 30.6. The highest BCUT2D eigenvalue weighted by Crippen LogP contribution is 2.43. The average molecular weight is 720 g/mol. The van der Waals surface area contributed by atoms with E-state index in [2.05, 4.69) is 193 Å². The molecule has 2 heterocycles. The van der Waals surface area contributed by atoms with Gasteiger partial charge in [0.25, 0.3) is 0 Å². The van der Waals surface area contributed by atoms with Crippen LogP contribution < -0.4 is 4.90 Å². The molecule has 0 bridgehead atoms. The van der Waals surface area contributed by atoms with Crippen molar-refractivity contribution < 1.29 is 4.42 Å². The van der Waals surface area contributed by atoms with E-state index in [-0.39, 0.29) is 0 Å². The fourth-order valence-corrected chi connectivity index (χ4v) is 9.40. The van der Waals surface area contributed by atoms with E-state index < -0.39 is 0 Å². The Kier molecular flexibility index (Phi) is 7.39. The second-order valence-corrected chi connectivity index (χ2v) is 15.2. The molecule has 9 aromatic carbocycles. The molecule has 0 atom stereocenters. The fourth-order valence-electron chi connectivity index (χ4n) is 8.27. The van der Waals surface area contributed by atoms with E-state index >= 15 is 0 Å². The number of para-hydroxylation sites is 1. The van der Waals surface area contributed by atoms with Crippen molar-refractivity contribution in [2.75, 3.05) is 4.90 Å². The van der Waals surface area contributed by atoms with Crippen LogP contribution in [0.4, 0.5) is 17.1 Å². The summed E-state index contributed by atoms with van der Waals surface area (Å²) in [5.74, 6) is 0. The van der Waals surface area contributed by atoms with Crippen LogP contribution in [0, 0.1) is 0 Å². The molecule has 11 aromatic rings. The van der Waals surface area contributed by atoms with E-state index in [4.69, 9.17) is 4.42 Å². The van der Waals surface area contributed by atoms with Crippen LogP contribution in [0.3, 0.4) is 0 Å². The van der Waals surface area contributed by atoms with Crippen molar-refractivity contribution in [2.45, 2.75) is 0 Å². The molecular formula is C52H33NOS. The monoisotopic (exact) mass is 719 g/mol. The summed E-state index contributed by atoms with van der Waals surface area (Å²) < 4.78 is 8.79. The number of benzene rings is 9. The molecule has 0 saturated heterocycles. The lowest BCUT2D eigenvalue weighted by molar-refractivity contribution is 0.669. The molecule has 0 saturated carbocycles. The van der Waals surface area contributed by atoms with Crippen LogP contribution in [0.5, 0.6) is 0 Å². The lowest BCUT2D eigenvalue weighted by Crippen LogP contribution is -2.10. The third-order valence-corrected chi connectivity index (χ3v) is 12.0. The van der Waals surface area contributed by atoms with Gasteiger partial charge in [-0.25, -0.2) is 0 Å². The molecule has 0 aliphatic rings. The number of furan rings is 1. The number of nitrogens with zero attached hydrogens (tertiary/aromatic N) is 1. The Bertz CT molecular complexity index is 3220. The van der Waals surface area contributed by atoms with E-state index in [9.17, 15) is 0 Å². The van der Waals surface area contributed by atoms with Gasteiger partial charge in [0.05, 0.1) is 0 Å². The Balaban J connectivity index is 1.06. The predicted molar refractivity (Wildman–Crippen MR) is 235 cm³/mol. The summed E-state index contributed by atoms with van der Waals surface area (Å²) in [5, 5.41) is 7.38. The van der Waals surface area contributed by atoms with Crippen molar-refractivity contribution in [3.63, 3.8) is 0 Å². The maximum absolute atomic E-state index is 6.17. The van der Waals surface area contributed by atoms with Gasteiger partial charge in [0, 0.05) is 48.0 Å². The lowest BCUT2D eigenvalue weighted by Gasteiger charge is -2.27. The van der Waals surface area contributed by atoms with Gasteiger partial charge in [-0.15, -0.1) is 11.3 Å². The van der Waals surface area contributed by atoms with Gasteiger partial charge in [0.2, 0.25) is 0 Å². The molecule has 55 heavy (non-hydrogen) atoms. The van der Waals surface area contributed by atoms with Gasteiger partial charge in [-0.1, -0.05) is 133 Å². The first-order valence-corrected chi connectivity index (χ1v) is 19.5. The first-order chi connectivity index (χ1) is 27.2. The van der Waals surface area contributed by atoms with Crippen LogP contribution in [0.2, 0.25) is 0 Å². The SMILES string of the molecule is c1cc(-c2ccc3oc4ccccc4c3c2)cc(N(c2ccc(-c3cccc4ccccc34)cc2)c2cccc(-c3cccc4sc5ccccc5c34)c2)c1. The number of fused-ring (bicyclic) bond motifs is 7. The standard InChI is InChI=1S/C52H33NOS/c1-2-17-42-34(11-1)12-9-20-43(42)35-25-28-39(29-26-35)53(40-15-7-13-36(31-40)37-27-30-49-47(33-37)45-18-3-5-22-48(45)54-49)41-16-8-14-38(32-41)44-21-10-24-51-52(44)46-19-4-6-23-50(46)55-51/h1-33H. The third kappa shape index (κ3) is 5.40. The van der Waals surface area contributed by atoms with Crippen molar-refractivity contribution in [1.29, 1.82) is 0 Å². The minimum atomic E-state index is 0.902. The second kappa shape index (κ2) is 12.9. The van der Waals surface area contributed by atoms with Crippen molar-refractivity contribution in [3.05, 3.63) is 200 Å². The fraction of sp³-hybridized carbons (Fsp3) is 0. The summed E-state index contributed by atoms with van der Waals surface area (Å²) in [6.07, 6.45) is 0. The molecule has 0 spiro atoms. The summed E-state index contributed by atoms with van der Waals surface area (Å²) in [4.78, 5) is 2.39. The number of rotatable bonds is 6. The van der Waals surface area contributed by atoms with Gasteiger partial charge in [-0.3, -0.25) is 0 Å². The van der Waals surface area contributed by atoms with Crippen LogP contribution >= 0.6 is 11.3 Å². The summed E-state index contributed by atoms with van der Waals surface area (Å²) in [7, 11) is 0. The topological polar surface area (TPSA) is 16.4 Å². The summed E-state index contributed by atoms with van der Waals surface area (Å²) in [5.41, 5.74) is 12.3. The van der Waals surface area contributed by atoms with Gasteiger partial charge in [0.1, 0.15) is 11.2 Å². The highest BCUT2D eigenvalue weighted by atomic mass is 32.1. The van der Waals surface area contributed by atoms with Crippen LogP contribution in [-0.4, -0.2) is 0 Å². The van der Waals surface area contributed by atoms with E-state index in [1.807, 2.05) is 23.5 Å². The quantitative estimate of drug-likeness (QED) is 0.170. The first kappa shape index (κ1) is 31.6. The molecule has 0 N–H and O–H groups in total. The largest absolute Gasteiger partial charge is 0.456 e. The maximum Gasteiger partial charge on any atom is 0.135 e. The third-order valence-electron chi connectivity index (χ3n) is 10.9. The van der Waals surface area contributed by atoms with Crippen LogP contribution in [0.15, 0.2) is 205 Å². The number of thiophene rings is 1. The predicted octanol–water partition coefficient (Wildman–Crippen LogP) is 15.6. The minimum absolute atomic E-state index is 0.902. The Morgan fingerprint density at radius 2 is 0.945 bits per heavy atom. The van der Waals surface area contributed by atoms with Crippen LogP contribution in [0.1, 0.15) is 0 Å². The Morgan fingerprint density at radius 3 is 1.82 bits per heavy atom. The molecular weight excluding hydrogens is 687 g/mol. The van der Waals surface area contributed by atoms with E-state index in [0.29, 0.717) is 0 Å². The Morgan fingerprint density at radius 1 is 0.345 bits per heavy atom. The smallest absolute Gasteiger partial charge is 0.135 e. The molecule has 0 amide bonds. The molecule has 0 radical (unpaired) electrons. The number of hydrogen-bond acceptors (Lipinski definition) is 3. The minimum Gasteiger partial charge on any atom is -0.456 e. The second-order valence-electron chi connectivity index (χ2n) is 14.1. The molecule has 0 aliphatic carbocycles. The lowest BCUT2D eigenvalue weighted by atomic mass is 9.97. The molecule has 0 fully saturated rings. The van der Waals surface area contributed by atoms with Crippen molar-refractivity contribution in [3.8, 4) is 33.4 Å². The number of hydrogen-bond donors (Lipinski definition) is 0.